The lowest BCUT2D eigenvalue weighted by Crippen LogP contribution is -2.28. The summed E-state index contributed by atoms with van der Waals surface area (Å²) < 4.78 is 45.0. The van der Waals surface area contributed by atoms with Gasteiger partial charge in [0, 0.05) is 13.1 Å². The molecule has 0 saturated heterocycles. The van der Waals surface area contributed by atoms with Crippen LogP contribution in [0.5, 0.6) is 5.75 Å². The van der Waals surface area contributed by atoms with E-state index in [1.165, 1.54) is 12.1 Å². The number of ether oxygens (including phenoxy) is 1. The third-order valence-electron chi connectivity index (χ3n) is 4.94. The first-order valence-electron chi connectivity index (χ1n) is 9.93. The van der Waals surface area contributed by atoms with Crippen LogP contribution in [0.25, 0.3) is 11.0 Å². The van der Waals surface area contributed by atoms with Crippen LogP contribution in [0.2, 0.25) is 0 Å². The van der Waals surface area contributed by atoms with Gasteiger partial charge in [0.05, 0.1) is 22.9 Å². The highest BCUT2D eigenvalue weighted by molar-refractivity contribution is 5.77. The number of nitrogens with zero attached hydrogens (tertiary/aromatic N) is 2. The Morgan fingerprint density at radius 3 is 2.34 bits per heavy atom. The summed E-state index contributed by atoms with van der Waals surface area (Å²) >= 11 is 0. The second-order valence-electron chi connectivity index (χ2n) is 7.27. The van der Waals surface area contributed by atoms with Crippen LogP contribution < -0.4 is 10.1 Å². The van der Waals surface area contributed by atoms with Gasteiger partial charge in [-0.25, -0.2) is 4.98 Å². The minimum atomic E-state index is -4.40. The van der Waals surface area contributed by atoms with Crippen molar-refractivity contribution in [1.29, 1.82) is 0 Å². The van der Waals surface area contributed by atoms with Gasteiger partial charge in [-0.1, -0.05) is 36.4 Å². The molecule has 0 atom stereocenters. The number of hydrogen-bond acceptors (Lipinski definition) is 3. The molecule has 4 rings (SSSR count). The Kier molecular flexibility index (Phi) is 6.11. The molecule has 0 spiro atoms. The van der Waals surface area contributed by atoms with Gasteiger partial charge in [0.25, 0.3) is 5.91 Å². The molecule has 0 aliphatic rings. The van der Waals surface area contributed by atoms with Crippen LogP contribution in [0.15, 0.2) is 79.1 Å². The maximum absolute atomic E-state index is 12.6. The molecule has 8 heteroatoms. The number of aromatic nitrogens is 2. The fourth-order valence-corrected chi connectivity index (χ4v) is 3.24. The predicted molar refractivity (Wildman–Crippen MR) is 114 cm³/mol. The van der Waals surface area contributed by atoms with Crippen molar-refractivity contribution >= 4 is 16.9 Å². The van der Waals surface area contributed by atoms with Crippen molar-refractivity contribution in [2.24, 2.45) is 0 Å². The molecule has 1 heterocycles. The Morgan fingerprint density at radius 1 is 0.938 bits per heavy atom. The molecule has 0 saturated carbocycles. The van der Waals surface area contributed by atoms with E-state index >= 15 is 0 Å². The number of rotatable bonds is 7. The summed E-state index contributed by atoms with van der Waals surface area (Å²) in [6.07, 6.45) is -2.59. The molecule has 1 aromatic heterocycles. The second-order valence-corrected chi connectivity index (χ2v) is 7.27. The van der Waals surface area contributed by atoms with Gasteiger partial charge in [-0.15, -0.1) is 0 Å². The van der Waals surface area contributed by atoms with Crippen LogP contribution in [0.3, 0.4) is 0 Å². The number of benzene rings is 3. The summed E-state index contributed by atoms with van der Waals surface area (Å²) in [4.78, 5) is 16.4. The van der Waals surface area contributed by atoms with E-state index in [9.17, 15) is 18.0 Å². The molecular weight excluding hydrogens is 419 g/mol. The lowest BCUT2D eigenvalue weighted by Gasteiger charge is -2.10. The van der Waals surface area contributed by atoms with Crippen molar-refractivity contribution < 1.29 is 22.7 Å². The molecule has 0 fully saturated rings. The molecule has 1 N–H and O–H groups in total. The van der Waals surface area contributed by atoms with Crippen molar-refractivity contribution in [2.45, 2.75) is 19.3 Å². The Bertz CT molecular complexity index is 1200. The van der Waals surface area contributed by atoms with E-state index in [1.54, 1.807) is 0 Å². The summed E-state index contributed by atoms with van der Waals surface area (Å²) in [5, 5.41) is 2.73. The predicted octanol–water partition coefficient (Wildman–Crippen LogP) is 4.80. The molecule has 3 aromatic carbocycles. The first-order chi connectivity index (χ1) is 15.4. The number of alkyl halides is 3. The second kappa shape index (κ2) is 9.13. The highest BCUT2D eigenvalue weighted by Gasteiger charge is 2.30. The van der Waals surface area contributed by atoms with Crippen LogP contribution in [0, 0.1) is 0 Å². The molecule has 164 valence electrons. The number of imidazole rings is 1. The number of halogens is 3. The zero-order valence-corrected chi connectivity index (χ0v) is 17.0. The fourth-order valence-electron chi connectivity index (χ4n) is 3.24. The summed E-state index contributed by atoms with van der Waals surface area (Å²) in [5.41, 5.74) is 3.28. The highest BCUT2D eigenvalue weighted by atomic mass is 19.4. The number of carbonyl (C=O) groups excluding carboxylic acids is 1. The zero-order valence-electron chi connectivity index (χ0n) is 17.0. The first kappa shape index (κ1) is 21.4. The largest absolute Gasteiger partial charge is 0.484 e. The SMILES string of the molecule is O=C(COc1ccc(C(F)(F)F)cc1)NCc1ccc(Cn2cnc3ccccc32)cc1. The summed E-state index contributed by atoms with van der Waals surface area (Å²) in [6.45, 7) is 0.731. The Hall–Kier alpha value is -3.81. The van der Waals surface area contributed by atoms with Crippen molar-refractivity contribution in [2.75, 3.05) is 6.61 Å². The maximum Gasteiger partial charge on any atom is 0.416 e. The molecule has 1 amide bonds. The van der Waals surface area contributed by atoms with Gasteiger partial charge in [-0.2, -0.15) is 13.2 Å². The Morgan fingerprint density at radius 2 is 1.62 bits per heavy atom. The first-order valence-corrected chi connectivity index (χ1v) is 9.93. The van der Waals surface area contributed by atoms with Crippen LogP contribution in [0.1, 0.15) is 16.7 Å². The third kappa shape index (κ3) is 5.26. The minimum absolute atomic E-state index is 0.199. The number of amides is 1. The van der Waals surface area contributed by atoms with E-state index < -0.39 is 11.7 Å². The molecule has 5 nitrogen and oxygen atoms in total. The maximum atomic E-state index is 12.6. The van der Waals surface area contributed by atoms with E-state index in [1.807, 2.05) is 54.9 Å². The Balaban J connectivity index is 1.25. The van der Waals surface area contributed by atoms with Gasteiger partial charge in [-0.05, 0) is 47.5 Å². The molecule has 0 unspecified atom stereocenters. The lowest BCUT2D eigenvalue weighted by molar-refractivity contribution is -0.137. The van der Waals surface area contributed by atoms with Crippen molar-refractivity contribution in [1.82, 2.24) is 14.9 Å². The fraction of sp³-hybridized carbons (Fsp3) is 0.167. The number of hydrogen-bond donors (Lipinski definition) is 1. The smallest absolute Gasteiger partial charge is 0.416 e. The number of para-hydroxylation sites is 2. The van der Waals surface area contributed by atoms with Gasteiger partial charge < -0.3 is 14.6 Å². The van der Waals surface area contributed by atoms with Crippen LogP contribution in [-0.2, 0) is 24.1 Å². The molecule has 32 heavy (non-hydrogen) atoms. The normalized spacial score (nSPS) is 11.5. The third-order valence-corrected chi connectivity index (χ3v) is 4.94. The minimum Gasteiger partial charge on any atom is -0.484 e. The summed E-state index contributed by atoms with van der Waals surface area (Å²) in [6, 6.07) is 20.0. The molecular formula is C24H20F3N3O2. The molecule has 0 aliphatic carbocycles. The van der Waals surface area contributed by atoms with Gasteiger partial charge >= 0.3 is 6.18 Å². The van der Waals surface area contributed by atoms with E-state index in [0.717, 1.165) is 34.3 Å². The van der Waals surface area contributed by atoms with Gasteiger partial charge in [-0.3, -0.25) is 4.79 Å². The molecule has 4 aromatic rings. The van der Waals surface area contributed by atoms with Crippen LogP contribution in [0.4, 0.5) is 13.2 Å². The summed E-state index contributed by atoms with van der Waals surface area (Å²) in [7, 11) is 0. The number of carbonyl (C=O) groups is 1. The topological polar surface area (TPSA) is 56.1 Å². The van der Waals surface area contributed by atoms with Crippen LogP contribution in [-0.4, -0.2) is 22.1 Å². The number of nitrogens with one attached hydrogen (secondary N) is 1. The number of fused-ring (bicyclic) bond motifs is 1. The Labute approximate surface area is 182 Å². The molecule has 0 radical (unpaired) electrons. The van der Waals surface area contributed by atoms with E-state index in [2.05, 4.69) is 14.9 Å². The monoisotopic (exact) mass is 439 g/mol. The lowest BCUT2D eigenvalue weighted by atomic mass is 10.1. The highest BCUT2D eigenvalue weighted by Crippen LogP contribution is 2.30. The van der Waals surface area contributed by atoms with E-state index in [0.29, 0.717) is 13.1 Å². The van der Waals surface area contributed by atoms with E-state index in [-0.39, 0.29) is 18.3 Å². The molecule has 0 aliphatic heterocycles. The van der Waals surface area contributed by atoms with E-state index in [4.69, 9.17) is 4.74 Å². The standard InChI is InChI=1S/C24H20F3N3O2/c25-24(26,27)19-9-11-20(12-10-19)32-15-23(31)28-13-17-5-7-18(8-6-17)14-30-16-29-21-3-1-2-4-22(21)30/h1-12,16H,13-15H2,(H,28,31). The average molecular weight is 439 g/mol. The van der Waals surface area contributed by atoms with Gasteiger partial charge in [0.2, 0.25) is 0 Å². The van der Waals surface area contributed by atoms with Gasteiger partial charge in [0.1, 0.15) is 5.75 Å². The molecule has 0 bridgehead atoms. The quantitative estimate of drug-likeness (QED) is 0.450. The van der Waals surface area contributed by atoms with Gasteiger partial charge in [0.15, 0.2) is 6.61 Å². The zero-order chi connectivity index (χ0) is 22.6. The van der Waals surface area contributed by atoms with Crippen molar-refractivity contribution in [3.63, 3.8) is 0 Å². The van der Waals surface area contributed by atoms with Crippen LogP contribution >= 0.6 is 0 Å². The van der Waals surface area contributed by atoms with Crippen molar-refractivity contribution in [3.8, 4) is 5.75 Å². The van der Waals surface area contributed by atoms with Crippen molar-refractivity contribution in [3.05, 3.63) is 95.8 Å². The summed E-state index contributed by atoms with van der Waals surface area (Å²) in [5.74, 6) is -0.164. The average Bonchev–Trinajstić information content (AvgIpc) is 3.20.